The summed E-state index contributed by atoms with van der Waals surface area (Å²) in [6.07, 6.45) is 0. The molecule has 0 radical (unpaired) electrons. The molecule has 0 amide bonds. The van der Waals surface area contributed by atoms with Gasteiger partial charge in [0, 0.05) is 82.0 Å². The number of nitrogens with zero attached hydrogens (tertiary/aromatic N) is 6. The van der Waals surface area contributed by atoms with Crippen molar-refractivity contribution in [3.63, 3.8) is 0 Å². The van der Waals surface area contributed by atoms with Gasteiger partial charge in [-0.05, 0) is 144 Å². The monoisotopic (exact) mass is 1200 g/mol. The first-order valence-corrected chi connectivity index (χ1v) is 31.5. The van der Waals surface area contributed by atoms with Crippen LogP contribution in [-0.4, -0.2) is 18.3 Å². The minimum absolute atomic E-state index is 0.628. The molecule has 0 aliphatic heterocycles. The molecule has 20 rings (SSSR count). The van der Waals surface area contributed by atoms with Crippen molar-refractivity contribution in [3.8, 4) is 57.1 Å². The predicted molar refractivity (Wildman–Crippen MR) is 385 cm³/mol. The van der Waals surface area contributed by atoms with Gasteiger partial charge in [0.2, 0.25) is 0 Å². The summed E-state index contributed by atoms with van der Waals surface area (Å²) in [5.74, 6) is 0. The molecule has 0 atom stereocenters. The fourth-order valence-electron chi connectivity index (χ4n) is 15.1. The summed E-state index contributed by atoms with van der Waals surface area (Å²) in [5, 5.41) is 34.7. The summed E-state index contributed by atoms with van der Waals surface area (Å²) in [6.45, 7) is 0. The fraction of sp³-hybridized carbons (Fsp3) is 0. The van der Waals surface area contributed by atoms with Crippen LogP contribution in [0.1, 0.15) is 11.1 Å². The van der Waals surface area contributed by atoms with Gasteiger partial charge < -0.3 is 27.1 Å². The highest BCUT2D eigenvalue weighted by Gasteiger charge is 2.23. The molecule has 6 aromatic heterocycles. The third-order valence-electron chi connectivity index (χ3n) is 19.2. The van der Waals surface area contributed by atoms with Crippen LogP contribution in [-0.2, 0) is 0 Å². The maximum atomic E-state index is 10.4. The molecule has 6 heterocycles. The predicted octanol–water partition coefficient (Wildman–Crippen LogP) is 22.6. The highest BCUT2D eigenvalue weighted by Crippen LogP contribution is 2.44. The maximum Gasteiger partial charge on any atom is 0.145 e. The Morgan fingerprint density at radius 1 is 0.234 bits per heavy atom. The average molecular weight is 1200 g/mol. The highest BCUT2D eigenvalue weighted by molar-refractivity contribution is 6.28. The third kappa shape index (κ3) is 7.84. The molecule has 0 unspecified atom stereocenters. The molecule has 8 heteroatoms. The molecule has 14 aromatic carbocycles. The topological polar surface area (TPSA) is 93.6 Å². The number of para-hydroxylation sites is 8. The summed E-state index contributed by atoms with van der Waals surface area (Å²) in [4.78, 5) is 0. The first-order chi connectivity index (χ1) is 46.6. The van der Waals surface area contributed by atoms with Crippen molar-refractivity contribution in [1.82, 2.24) is 18.3 Å². The van der Waals surface area contributed by atoms with Gasteiger partial charge in [-0.1, -0.05) is 182 Å². The Kier molecular flexibility index (Phi) is 11.6. The van der Waals surface area contributed by atoms with E-state index < -0.39 is 0 Å². The van der Waals surface area contributed by atoms with E-state index in [1.807, 2.05) is 42.5 Å². The average Bonchev–Trinajstić information content (AvgIpc) is 1.57. The Morgan fingerprint density at radius 2 is 0.585 bits per heavy atom. The Labute approximate surface area is 537 Å². The van der Waals surface area contributed by atoms with Crippen LogP contribution >= 0.6 is 0 Å². The number of benzene rings is 14. The molecule has 0 bridgehead atoms. The second kappa shape index (κ2) is 20.7. The number of rotatable bonds is 6. The first kappa shape index (κ1) is 52.8. The molecule has 20 aromatic rings. The lowest BCUT2D eigenvalue weighted by Gasteiger charge is -2.12. The first-order valence-electron chi connectivity index (χ1n) is 31.5. The smallest absolute Gasteiger partial charge is 0.145 e. The van der Waals surface area contributed by atoms with Gasteiger partial charge in [-0.3, -0.25) is 0 Å². The van der Waals surface area contributed by atoms with Crippen molar-refractivity contribution in [2.75, 3.05) is 0 Å². The molecular formula is C86H50N6O2. The molecule has 0 N–H and O–H groups in total. The Morgan fingerprint density at radius 3 is 1.05 bits per heavy atom. The number of nitriles is 2. The van der Waals surface area contributed by atoms with Crippen molar-refractivity contribution in [2.45, 2.75) is 0 Å². The van der Waals surface area contributed by atoms with Crippen molar-refractivity contribution in [1.29, 1.82) is 10.5 Å². The molecule has 0 saturated heterocycles. The molecule has 0 saturated carbocycles. The van der Waals surface area contributed by atoms with Crippen LogP contribution in [0.2, 0.25) is 0 Å². The lowest BCUT2D eigenvalue weighted by atomic mass is 9.99. The van der Waals surface area contributed by atoms with E-state index >= 15 is 0 Å². The van der Waals surface area contributed by atoms with E-state index in [1.165, 1.54) is 43.6 Å². The van der Waals surface area contributed by atoms with Gasteiger partial charge in [0.25, 0.3) is 0 Å². The van der Waals surface area contributed by atoms with Crippen LogP contribution in [0.3, 0.4) is 0 Å². The van der Waals surface area contributed by atoms with Gasteiger partial charge >= 0.3 is 0 Å². The largest absolute Gasteiger partial charge is 0.456 e. The van der Waals surface area contributed by atoms with Crippen LogP contribution in [0.5, 0.6) is 0 Å². The maximum absolute atomic E-state index is 10.4. The van der Waals surface area contributed by atoms with Crippen molar-refractivity contribution >= 4 is 131 Å². The van der Waals surface area contributed by atoms with E-state index in [4.69, 9.17) is 8.83 Å². The lowest BCUT2D eigenvalue weighted by Crippen LogP contribution is -1.96. The zero-order chi connectivity index (χ0) is 62.1. The fourth-order valence-corrected chi connectivity index (χ4v) is 15.1. The summed E-state index contributed by atoms with van der Waals surface area (Å²) in [7, 11) is 0. The van der Waals surface area contributed by atoms with Gasteiger partial charge in [0.05, 0.1) is 72.8 Å². The Balaban J connectivity index is 0.000000133. The van der Waals surface area contributed by atoms with Crippen molar-refractivity contribution in [2.24, 2.45) is 0 Å². The van der Waals surface area contributed by atoms with E-state index in [0.717, 1.165) is 132 Å². The zero-order valence-electron chi connectivity index (χ0n) is 50.4. The third-order valence-corrected chi connectivity index (χ3v) is 19.2. The van der Waals surface area contributed by atoms with E-state index in [-0.39, 0.29) is 0 Å². The molecular weight excluding hydrogens is 1150 g/mol. The highest BCUT2D eigenvalue weighted by atomic mass is 16.3. The summed E-state index contributed by atoms with van der Waals surface area (Å²) < 4.78 is 21.8. The Hall–Kier alpha value is -13.1. The number of fused-ring (bicyclic) bond motifs is 20. The number of hydrogen-bond donors (Lipinski definition) is 0. The van der Waals surface area contributed by atoms with Gasteiger partial charge in [-0.25, -0.2) is 0 Å². The lowest BCUT2D eigenvalue weighted by molar-refractivity contribution is 0.669. The van der Waals surface area contributed by atoms with Crippen LogP contribution in [0, 0.1) is 22.7 Å². The number of hydrogen-bond acceptors (Lipinski definition) is 4. The minimum Gasteiger partial charge on any atom is -0.456 e. The van der Waals surface area contributed by atoms with E-state index in [1.54, 1.807) is 0 Å². The number of furan rings is 2. The van der Waals surface area contributed by atoms with Gasteiger partial charge in [0.15, 0.2) is 0 Å². The molecule has 0 fully saturated rings. The van der Waals surface area contributed by atoms with Crippen LogP contribution in [0.4, 0.5) is 0 Å². The number of aromatic nitrogens is 4. The molecule has 0 spiro atoms. The van der Waals surface area contributed by atoms with E-state index in [9.17, 15) is 10.5 Å². The molecule has 436 valence electrons. The van der Waals surface area contributed by atoms with Gasteiger partial charge in [-0.2, -0.15) is 10.5 Å². The molecule has 8 nitrogen and oxygen atoms in total. The summed E-state index contributed by atoms with van der Waals surface area (Å²) in [6, 6.07) is 110. The second-order valence-electron chi connectivity index (χ2n) is 24.1. The normalized spacial score (nSPS) is 11.8. The molecule has 0 aliphatic carbocycles. The minimum atomic E-state index is 0.628. The van der Waals surface area contributed by atoms with Crippen LogP contribution < -0.4 is 0 Å². The van der Waals surface area contributed by atoms with Crippen LogP contribution in [0.25, 0.3) is 176 Å². The van der Waals surface area contributed by atoms with Crippen LogP contribution in [0.15, 0.2) is 312 Å². The van der Waals surface area contributed by atoms with E-state index in [2.05, 4.69) is 291 Å². The zero-order valence-corrected chi connectivity index (χ0v) is 50.4. The van der Waals surface area contributed by atoms with Gasteiger partial charge in [0.1, 0.15) is 22.3 Å². The molecule has 94 heavy (non-hydrogen) atoms. The SMILES string of the molecule is N#Cc1cc(-n2c3ccccc3c3c4c(ccc32)oc2ccccc24)ccc1-c1ccc(-n2c3ccccc3c3ccccc32)cc1.N#Cc1cc(-n2c3ccccc3c3c4oc5ccccc5c4ccc32)ccc1-c1ccc(-n2c3ccccc3c3ccccc32)cc1. The van der Waals surface area contributed by atoms with Crippen molar-refractivity contribution < 1.29 is 8.83 Å². The second-order valence-corrected chi connectivity index (χ2v) is 24.1. The summed E-state index contributed by atoms with van der Waals surface area (Å²) in [5.41, 5.74) is 21.7. The van der Waals surface area contributed by atoms with Crippen molar-refractivity contribution in [3.05, 3.63) is 314 Å². The quantitative estimate of drug-likeness (QED) is 0.166. The summed E-state index contributed by atoms with van der Waals surface area (Å²) >= 11 is 0. The Bertz CT molecular complexity index is 6520. The van der Waals surface area contributed by atoms with Gasteiger partial charge in [-0.15, -0.1) is 0 Å². The standard InChI is InChI=1S/2C43H25N3O/c44-26-28-25-30(46-39-15-7-3-12-36(39)42-40(46)24-23-35-34-11-4-8-16-41(34)47-43(35)42)21-22-31(28)27-17-19-29(20-18-27)45-37-13-5-1-9-32(37)33-10-2-6-14-38(33)45;44-26-28-25-30(46-38-15-7-3-11-34(38)42-39(46)23-24-41-43(42)35-12-4-8-16-40(35)47-41)21-22-31(28)27-17-19-29(20-18-27)45-36-13-5-1-9-32(36)33-10-2-6-14-37(33)45/h2*1-25H. The molecule has 0 aliphatic rings. The van der Waals surface area contributed by atoms with E-state index in [0.29, 0.717) is 11.1 Å².